The van der Waals surface area contributed by atoms with E-state index in [-0.39, 0.29) is 5.56 Å². The largest absolute Gasteiger partial charge is 0.497 e. The van der Waals surface area contributed by atoms with Crippen LogP contribution < -0.4 is 10.1 Å². The fourth-order valence-corrected chi connectivity index (χ4v) is 3.90. The van der Waals surface area contributed by atoms with Gasteiger partial charge in [-0.15, -0.1) is 0 Å². The number of hydrogen-bond donors (Lipinski definition) is 2. The number of fused-ring (bicyclic) bond motifs is 1. The molecule has 4 nitrogen and oxygen atoms in total. The quantitative estimate of drug-likeness (QED) is 0.354. The Morgan fingerprint density at radius 2 is 1.75 bits per heavy atom. The molecular formula is C27H24FNO3. The minimum absolute atomic E-state index is 0.291. The summed E-state index contributed by atoms with van der Waals surface area (Å²) >= 11 is 0. The fraction of sp³-hybridized carbons (Fsp3) is 0.148. The standard InChI is InChI=1S/C27H24FNO3/c1-32-21-8-4-6-18(15-21)12-13-29-17-19-14-20-7-2-3-9-22(20)25(16-19)23-10-5-11-24(26(23)28)27(30)31/h2-11,14-16,29H,12-13,17H2,1H3,(H,30,31). The maximum atomic E-state index is 15.0. The van der Waals surface area contributed by atoms with Crippen LogP contribution in [0.15, 0.2) is 78.9 Å². The molecule has 0 unspecified atom stereocenters. The molecule has 5 heteroatoms. The second-order valence-corrected chi connectivity index (χ2v) is 7.62. The highest BCUT2D eigenvalue weighted by Gasteiger charge is 2.17. The number of carboxylic acid groups (broad SMARTS) is 1. The molecule has 4 aromatic carbocycles. The van der Waals surface area contributed by atoms with Gasteiger partial charge in [-0.1, -0.05) is 48.5 Å². The maximum absolute atomic E-state index is 15.0. The molecule has 0 spiro atoms. The van der Waals surface area contributed by atoms with Gasteiger partial charge in [0.15, 0.2) is 0 Å². The van der Waals surface area contributed by atoms with Crippen molar-refractivity contribution in [2.24, 2.45) is 0 Å². The van der Waals surface area contributed by atoms with Crippen LogP contribution in [0.4, 0.5) is 4.39 Å². The van der Waals surface area contributed by atoms with Gasteiger partial charge in [0.1, 0.15) is 11.6 Å². The topological polar surface area (TPSA) is 58.6 Å². The van der Waals surface area contributed by atoms with Gasteiger partial charge >= 0.3 is 5.97 Å². The molecule has 32 heavy (non-hydrogen) atoms. The van der Waals surface area contributed by atoms with Gasteiger partial charge in [0.2, 0.25) is 0 Å². The second-order valence-electron chi connectivity index (χ2n) is 7.62. The molecule has 0 aliphatic carbocycles. The molecule has 0 aliphatic heterocycles. The van der Waals surface area contributed by atoms with Gasteiger partial charge in [-0.25, -0.2) is 9.18 Å². The van der Waals surface area contributed by atoms with Crippen molar-refractivity contribution in [3.63, 3.8) is 0 Å². The summed E-state index contributed by atoms with van der Waals surface area (Å²) in [5.74, 6) is -1.15. The zero-order valence-electron chi connectivity index (χ0n) is 17.8. The summed E-state index contributed by atoms with van der Waals surface area (Å²) in [6, 6.07) is 24.2. The van der Waals surface area contributed by atoms with E-state index in [0.29, 0.717) is 17.7 Å². The third kappa shape index (κ3) is 4.63. The summed E-state index contributed by atoms with van der Waals surface area (Å²) in [6.45, 7) is 1.39. The van der Waals surface area contributed by atoms with Crippen LogP contribution >= 0.6 is 0 Å². The SMILES string of the molecule is COc1cccc(CCNCc2cc(-c3cccc(C(=O)O)c3F)c3ccccc3c2)c1. The fourth-order valence-electron chi connectivity index (χ4n) is 3.90. The first-order chi connectivity index (χ1) is 15.6. The van der Waals surface area contributed by atoms with Gasteiger partial charge in [0.05, 0.1) is 12.7 Å². The number of halogens is 1. The Hall–Kier alpha value is -3.70. The zero-order valence-corrected chi connectivity index (χ0v) is 17.8. The van der Waals surface area contributed by atoms with Crippen LogP contribution in [0.1, 0.15) is 21.5 Å². The average molecular weight is 429 g/mol. The van der Waals surface area contributed by atoms with E-state index in [1.807, 2.05) is 48.5 Å². The molecule has 0 aliphatic rings. The number of methoxy groups -OCH3 is 1. The van der Waals surface area contributed by atoms with Gasteiger partial charge in [-0.2, -0.15) is 0 Å². The molecule has 0 aromatic heterocycles. The molecule has 0 heterocycles. The van der Waals surface area contributed by atoms with E-state index in [9.17, 15) is 9.90 Å². The number of hydrogen-bond acceptors (Lipinski definition) is 3. The average Bonchev–Trinajstić information content (AvgIpc) is 2.81. The first-order valence-corrected chi connectivity index (χ1v) is 10.4. The molecule has 4 aromatic rings. The second kappa shape index (κ2) is 9.62. The first kappa shape index (κ1) is 21.5. The van der Waals surface area contributed by atoms with E-state index in [0.717, 1.165) is 35.1 Å². The predicted molar refractivity (Wildman–Crippen MR) is 125 cm³/mol. The van der Waals surface area contributed by atoms with Gasteiger partial charge < -0.3 is 15.2 Å². The number of benzene rings is 4. The third-order valence-corrected chi connectivity index (χ3v) is 5.49. The van der Waals surface area contributed by atoms with E-state index in [1.165, 1.54) is 11.6 Å². The van der Waals surface area contributed by atoms with Crippen molar-refractivity contribution in [2.45, 2.75) is 13.0 Å². The lowest BCUT2D eigenvalue weighted by molar-refractivity contribution is 0.0692. The molecular weight excluding hydrogens is 405 g/mol. The summed E-state index contributed by atoms with van der Waals surface area (Å²) in [5, 5.41) is 14.6. The van der Waals surface area contributed by atoms with E-state index in [4.69, 9.17) is 4.74 Å². The van der Waals surface area contributed by atoms with Crippen molar-refractivity contribution in [1.29, 1.82) is 0 Å². The molecule has 162 valence electrons. The summed E-state index contributed by atoms with van der Waals surface area (Å²) in [7, 11) is 1.66. The predicted octanol–water partition coefficient (Wildman–Crippen LogP) is 5.69. The first-order valence-electron chi connectivity index (χ1n) is 10.4. The maximum Gasteiger partial charge on any atom is 0.338 e. The molecule has 0 atom stereocenters. The highest BCUT2D eigenvalue weighted by molar-refractivity contribution is 5.99. The van der Waals surface area contributed by atoms with E-state index >= 15 is 4.39 Å². The van der Waals surface area contributed by atoms with Crippen LogP contribution in [0, 0.1) is 5.82 Å². The lowest BCUT2D eigenvalue weighted by Gasteiger charge is -2.13. The number of carboxylic acids is 1. The third-order valence-electron chi connectivity index (χ3n) is 5.49. The normalized spacial score (nSPS) is 10.9. The van der Waals surface area contributed by atoms with Gasteiger partial charge in [-0.05, 0) is 70.8 Å². The highest BCUT2D eigenvalue weighted by Crippen LogP contribution is 2.33. The van der Waals surface area contributed by atoms with Crippen molar-refractivity contribution in [1.82, 2.24) is 5.32 Å². The van der Waals surface area contributed by atoms with Crippen molar-refractivity contribution < 1.29 is 19.0 Å². The van der Waals surface area contributed by atoms with E-state index < -0.39 is 11.8 Å². The van der Waals surface area contributed by atoms with Gasteiger partial charge in [-0.3, -0.25) is 0 Å². The highest BCUT2D eigenvalue weighted by atomic mass is 19.1. The number of ether oxygens (including phenoxy) is 1. The van der Waals surface area contributed by atoms with Crippen LogP contribution in [-0.2, 0) is 13.0 Å². The monoisotopic (exact) mass is 429 g/mol. The Morgan fingerprint density at radius 3 is 2.56 bits per heavy atom. The smallest absolute Gasteiger partial charge is 0.338 e. The van der Waals surface area contributed by atoms with Crippen molar-refractivity contribution in [2.75, 3.05) is 13.7 Å². The Balaban J connectivity index is 1.59. The molecule has 0 bridgehead atoms. The lowest BCUT2D eigenvalue weighted by Crippen LogP contribution is -2.16. The van der Waals surface area contributed by atoms with Crippen LogP contribution in [0.25, 0.3) is 21.9 Å². The molecule has 0 amide bonds. The van der Waals surface area contributed by atoms with Gasteiger partial charge in [0.25, 0.3) is 0 Å². The van der Waals surface area contributed by atoms with Crippen LogP contribution in [0.3, 0.4) is 0 Å². The summed E-state index contributed by atoms with van der Waals surface area (Å²) in [4.78, 5) is 11.4. The lowest BCUT2D eigenvalue weighted by atomic mass is 9.94. The van der Waals surface area contributed by atoms with E-state index in [1.54, 1.807) is 19.2 Å². The van der Waals surface area contributed by atoms with Gasteiger partial charge in [0, 0.05) is 12.1 Å². The Morgan fingerprint density at radius 1 is 0.938 bits per heavy atom. The zero-order chi connectivity index (χ0) is 22.5. The van der Waals surface area contributed by atoms with E-state index in [2.05, 4.69) is 17.4 Å². The molecule has 0 fully saturated rings. The summed E-state index contributed by atoms with van der Waals surface area (Å²) in [6.07, 6.45) is 0.854. The minimum Gasteiger partial charge on any atom is -0.497 e. The minimum atomic E-state index is -1.27. The Kier molecular flexibility index (Phi) is 6.47. The van der Waals surface area contributed by atoms with Crippen LogP contribution in [0.5, 0.6) is 5.75 Å². The Labute approximate surface area is 186 Å². The number of aromatic carboxylic acids is 1. The van der Waals surface area contributed by atoms with Crippen LogP contribution in [0.2, 0.25) is 0 Å². The van der Waals surface area contributed by atoms with Crippen LogP contribution in [-0.4, -0.2) is 24.7 Å². The number of rotatable bonds is 8. The Bertz CT molecular complexity index is 1270. The van der Waals surface area contributed by atoms with Crippen molar-refractivity contribution in [3.8, 4) is 16.9 Å². The number of nitrogens with one attached hydrogen (secondary N) is 1. The summed E-state index contributed by atoms with van der Waals surface area (Å²) < 4.78 is 20.3. The molecule has 4 rings (SSSR count). The van der Waals surface area contributed by atoms with Crippen molar-refractivity contribution in [3.05, 3.63) is 101 Å². The molecule has 2 N–H and O–H groups in total. The molecule has 0 radical (unpaired) electrons. The molecule has 0 saturated heterocycles. The number of carbonyl (C=O) groups is 1. The molecule has 0 saturated carbocycles. The van der Waals surface area contributed by atoms with Crippen molar-refractivity contribution >= 4 is 16.7 Å². The summed E-state index contributed by atoms with van der Waals surface area (Å²) in [5.41, 5.74) is 2.84.